The molecule has 0 aromatic rings. The van der Waals surface area contributed by atoms with Crippen LogP contribution in [0.2, 0.25) is 0 Å². The Kier molecular flexibility index (Phi) is 4.21. The topological polar surface area (TPSA) is 72.9 Å². The van der Waals surface area contributed by atoms with Gasteiger partial charge in [0.2, 0.25) is 0 Å². The lowest BCUT2D eigenvalue weighted by Gasteiger charge is -2.43. The summed E-state index contributed by atoms with van der Waals surface area (Å²) < 4.78 is 0. The maximum atomic E-state index is 12.0. The third-order valence-corrected chi connectivity index (χ3v) is 3.60. The van der Waals surface area contributed by atoms with Gasteiger partial charge >= 0.3 is 12.0 Å². The molecule has 6 nitrogen and oxygen atoms in total. The Bertz CT molecular complexity index is 331. The number of amides is 2. The number of carboxylic acid groups (broad SMARTS) is 1. The van der Waals surface area contributed by atoms with E-state index in [4.69, 9.17) is 5.11 Å². The summed E-state index contributed by atoms with van der Waals surface area (Å²) in [6, 6.07) is 0.231. The number of nitrogens with zero attached hydrogens (tertiary/aromatic N) is 2. The Labute approximate surface area is 108 Å². The zero-order valence-electron chi connectivity index (χ0n) is 11.7. The Hall–Kier alpha value is -1.30. The number of hydrogen-bond acceptors (Lipinski definition) is 3. The van der Waals surface area contributed by atoms with Crippen LogP contribution in [0.15, 0.2) is 0 Å². The first-order chi connectivity index (χ1) is 8.15. The summed E-state index contributed by atoms with van der Waals surface area (Å²) in [4.78, 5) is 26.9. The summed E-state index contributed by atoms with van der Waals surface area (Å²) in [5.41, 5.74) is -1.24. The van der Waals surface area contributed by atoms with Gasteiger partial charge in [0.05, 0.1) is 0 Å². The van der Waals surface area contributed by atoms with E-state index in [1.807, 2.05) is 7.05 Å². The fourth-order valence-electron chi connectivity index (χ4n) is 1.97. The summed E-state index contributed by atoms with van der Waals surface area (Å²) in [7, 11) is 2.03. The maximum Gasteiger partial charge on any atom is 0.328 e. The molecule has 2 N–H and O–H groups in total. The third kappa shape index (κ3) is 3.13. The Morgan fingerprint density at radius 1 is 1.22 bits per heavy atom. The largest absolute Gasteiger partial charge is 0.480 e. The molecule has 2 unspecified atom stereocenters. The molecule has 1 saturated heterocycles. The Balaban J connectivity index is 2.66. The number of likely N-dealkylation sites (N-methyl/N-ethyl adjacent to an activating group) is 1. The van der Waals surface area contributed by atoms with Crippen molar-refractivity contribution >= 4 is 12.0 Å². The van der Waals surface area contributed by atoms with Gasteiger partial charge < -0.3 is 15.3 Å². The molecule has 1 fully saturated rings. The van der Waals surface area contributed by atoms with Crippen molar-refractivity contribution in [2.75, 3.05) is 20.1 Å². The van der Waals surface area contributed by atoms with E-state index in [1.165, 1.54) is 13.8 Å². The minimum Gasteiger partial charge on any atom is -0.480 e. The molecule has 0 aliphatic carbocycles. The van der Waals surface area contributed by atoms with Crippen LogP contribution in [-0.4, -0.2) is 64.7 Å². The molecule has 1 aliphatic heterocycles. The molecular weight excluding hydrogens is 234 g/mol. The van der Waals surface area contributed by atoms with Crippen LogP contribution in [0.3, 0.4) is 0 Å². The zero-order chi connectivity index (χ0) is 14.1. The highest BCUT2D eigenvalue weighted by molar-refractivity contribution is 5.85. The molecular formula is C12H23N3O3. The number of carbonyl (C=O) groups excluding carboxylic acids is 1. The van der Waals surface area contributed by atoms with Gasteiger partial charge in [-0.2, -0.15) is 0 Å². The average Bonchev–Trinajstić information content (AvgIpc) is 2.24. The number of nitrogens with one attached hydrogen (secondary N) is 1. The number of carbonyl (C=O) groups is 2. The van der Waals surface area contributed by atoms with Crippen molar-refractivity contribution < 1.29 is 14.7 Å². The van der Waals surface area contributed by atoms with Crippen LogP contribution in [0.1, 0.15) is 27.7 Å². The molecule has 1 aliphatic rings. The van der Waals surface area contributed by atoms with Crippen molar-refractivity contribution in [1.29, 1.82) is 0 Å². The van der Waals surface area contributed by atoms with Gasteiger partial charge in [-0.05, 0) is 34.7 Å². The minimum atomic E-state index is -1.24. The zero-order valence-corrected chi connectivity index (χ0v) is 11.7. The maximum absolute atomic E-state index is 12.0. The predicted molar refractivity (Wildman–Crippen MR) is 68.5 cm³/mol. The summed E-state index contributed by atoms with van der Waals surface area (Å²) in [5, 5.41) is 11.5. The lowest BCUT2D eigenvalue weighted by Crippen LogP contribution is -2.61. The fourth-order valence-corrected chi connectivity index (χ4v) is 1.97. The molecule has 0 bridgehead atoms. The molecule has 0 aromatic carbocycles. The molecule has 104 valence electrons. The lowest BCUT2D eigenvalue weighted by atomic mass is 10.1. The van der Waals surface area contributed by atoms with Gasteiger partial charge in [0.1, 0.15) is 5.54 Å². The van der Waals surface area contributed by atoms with Gasteiger partial charge in [-0.15, -0.1) is 0 Å². The second-order valence-electron chi connectivity index (χ2n) is 5.63. The minimum absolute atomic E-state index is 0.271. The molecule has 1 rings (SSSR count). The van der Waals surface area contributed by atoms with Crippen molar-refractivity contribution in [3.05, 3.63) is 0 Å². The standard InChI is InChI=1S/C12H23N3O3/c1-8-6-15(7-9(2)14(8)5)11(18)13-12(3,4)10(16)17/h8-9H,6-7H2,1-5H3,(H,13,18)(H,16,17). The first-order valence-corrected chi connectivity index (χ1v) is 6.17. The number of piperazine rings is 1. The van der Waals surface area contributed by atoms with Crippen LogP contribution in [0, 0.1) is 0 Å². The van der Waals surface area contributed by atoms with E-state index in [0.29, 0.717) is 13.1 Å². The van der Waals surface area contributed by atoms with Crippen molar-refractivity contribution in [2.24, 2.45) is 0 Å². The van der Waals surface area contributed by atoms with Crippen molar-refractivity contribution in [3.8, 4) is 0 Å². The van der Waals surface area contributed by atoms with Crippen molar-refractivity contribution in [2.45, 2.75) is 45.3 Å². The van der Waals surface area contributed by atoms with E-state index >= 15 is 0 Å². The van der Waals surface area contributed by atoms with Crippen LogP contribution in [0.25, 0.3) is 0 Å². The highest BCUT2D eigenvalue weighted by Crippen LogP contribution is 2.14. The highest BCUT2D eigenvalue weighted by atomic mass is 16.4. The van der Waals surface area contributed by atoms with E-state index in [2.05, 4.69) is 24.1 Å². The molecule has 0 radical (unpaired) electrons. The second-order valence-corrected chi connectivity index (χ2v) is 5.63. The molecule has 2 amide bonds. The summed E-state index contributed by atoms with van der Waals surface area (Å²) in [6.07, 6.45) is 0. The van der Waals surface area contributed by atoms with Crippen molar-refractivity contribution in [3.63, 3.8) is 0 Å². The van der Waals surface area contributed by atoms with E-state index < -0.39 is 11.5 Å². The second kappa shape index (κ2) is 5.14. The summed E-state index contributed by atoms with van der Waals surface area (Å²) in [5.74, 6) is -1.04. The molecule has 0 saturated carbocycles. The van der Waals surface area contributed by atoms with E-state index in [-0.39, 0.29) is 18.1 Å². The van der Waals surface area contributed by atoms with E-state index in [1.54, 1.807) is 4.90 Å². The van der Waals surface area contributed by atoms with Gasteiger partial charge in [0.25, 0.3) is 0 Å². The summed E-state index contributed by atoms with van der Waals surface area (Å²) >= 11 is 0. The number of carboxylic acids is 1. The average molecular weight is 257 g/mol. The molecule has 6 heteroatoms. The van der Waals surface area contributed by atoms with Crippen LogP contribution >= 0.6 is 0 Å². The van der Waals surface area contributed by atoms with Gasteiger partial charge in [-0.3, -0.25) is 4.90 Å². The molecule has 0 aromatic heterocycles. The fraction of sp³-hybridized carbons (Fsp3) is 0.833. The van der Waals surface area contributed by atoms with E-state index in [9.17, 15) is 9.59 Å². The summed E-state index contributed by atoms with van der Waals surface area (Å²) in [6.45, 7) is 8.30. The van der Waals surface area contributed by atoms with Gasteiger partial charge in [-0.25, -0.2) is 9.59 Å². The first-order valence-electron chi connectivity index (χ1n) is 6.17. The third-order valence-electron chi connectivity index (χ3n) is 3.60. The predicted octanol–water partition coefficient (Wildman–Crippen LogP) is 0.584. The normalized spacial score (nSPS) is 25.9. The van der Waals surface area contributed by atoms with Crippen molar-refractivity contribution in [1.82, 2.24) is 15.1 Å². The number of aliphatic carboxylic acids is 1. The van der Waals surface area contributed by atoms with Gasteiger partial charge in [0.15, 0.2) is 0 Å². The lowest BCUT2D eigenvalue weighted by molar-refractivity contribution is -0.143. The van der Waals surface area contributed by atoms with Gasteiger partial charge in [-0.1, -0.05) is 0 Å². The molecule has 1 heterocycles. The number of urea groups is 1. The number of rotatable bonds is 2. The van der Waals surface area contributed by atoms with Crippen LogP contribution in [0.5, 0.6) is 0 Å². The van der Waals surface area contributed by atoms with Crippen LogP contribution in [0.4, 0.5) is 4.79 Å². The van der Waals surface area contributed by atoms with Crippen LogP contribution in [-0.2, 0) is 4.79 Å². The monoisotopic (exact) mass is 257 g/mol. The van der Waals surface area contributed by atoms with Gasteiger partial charge in [0, 0.05) is 25.2 Å². The van der Waals surface area contributed by atoms with E-state index in [0.717, 1.165) is 0 Å². The quantitative estimate of drug-likeness (QED) is 0.759. The highest BCUT2D eigenvalue weighted by Gasteiger charge is 2.34. The Morgan fingerprint density at radius 2 is 1.67 bits per heavy atom. The van der Waals surface area contributed by atoms with Crippen LogP contribution < -0.4 is 5.32 Å². The first kappa shape index (κ1) is 14.8. The SMILES string of the molecule is CC1CN(C(=O)NC(C)(C)C(=O)O)CC(C)N1C. The smallest absolute Gasteiger partial charge is 0.328 e. The molecule has 18 heavy (non-hydrogen) atoms. The molecule has 2 atom stereocenters. The molecule has 0 spiro atoms. The Morgan fingerprint density at radius 3 is 2.06 bits per heavy atom. The number of hydrogen-bond donors (Lipinski definition) is 2.